The maximum atomic E-state index is 11.2. The minimum Gasteiger partial charge on any atom is -0.307 e. The highest BCUT2D eigenvalue weighted by atomic mass is 32.2. The number of aromatic nitrogens is 2. The summed E-state index contributed by atoms with van der Waals surface area (Å²) in [5.41, 5.74) is 1.03. The van der Waals surface area contributed by atoms with Crippen molar-refractivity contribution in [1.82, 2.24) is 15.1 Å². The minimum absolute atomic E-state index is 0.0346. The Bertz CT molecular complexity index is 337. The molecule has 13 heavy (non-hydrogen) atoms. The van der Waals surface area contributed by atoms with Gasteiger partial charge in [-0.05, 0) is 0 Å². The van der Waals surface area contributed by atoms with Crippen molar-refractivity contribution in [3.8, 4) is 0 Å². The van der Waals surface area contributed by atoms with Crippen LogP contribution < -0.4 is 10.9 Å². The monoisotopic (exact) mass is 199 g/mol. The Morgan fingerprint density at radius 1 is 1.69 bits per heavy atom. The van der Waals surface area contributed by atoms with E-state index in [1.54, 1.807) is 13.1 Å². The first-order valence-electron chi connectivity index (χ1n) is 4.34. The molecule has 1 saturated heterocycles. The minimum atomic E-state index is 0.0346. The summed E-state index contributed by atoms with van der Waals surface area (Å²) in [4.78, 5) is 11.2. The van der Waals surface area contributed by atoms with Crippen LogP contribution in [0, 0.1) is 0 Å². The molecule has 0 aliphatic carbocycles. The van der Waals surface area contributed by atoms with Gasteiger partial charge in [-0.1, -0.05) is 0 Å². The number of aromatic amines is 1. The van der Waals surface area contributed by atoms with Crippen LogP contribution in [0.15, 0.2) is 10.9 Å². The molecule has 72 valence electrons. The lowest BCUT2D eigenvalue weighted by atomic mass is 10.2. The van der Waals surface area contributed by atoms with Gasteiger partial charge in [-0.25, -0.2) is 0 Å². The van der Waals surface area contributed by atoms with E-state index < -0.39 is 0 Å². The molecule has 1 aromatic heterocycles. The van der Waals surface area contributed by atoms with Crippen molar-refractivity contribution >= 4 is 11.8 Å². The Morgan fingerprint density at radius 3 is 3.08 bits per heavy atom. The van der Waals surface area contributed by atoms with Crippen LogP contribution in [-0.2, 0) is 7.05 Å². The number of thioether (sulfide) groups is 1. The molecule has 5 heteroatoms. The zero-order valence-corrected chi connectivity index (χ0v) is 8.36. The van der Waals surface area contributed by atoms with E-state index in [1.165, 1.54) is 4.68 Å². The Kier molecular flexibility index (Phi) is 2.46. The largest absolute Gasteiger partial charge is 0.307 e. The van der Waals surface area contributed by atoms with Crippen LogP contribution >= 0.6 is 11.8 Å². The van der Waals surface area contributed by atoms with Crippen LogP contribution in [0.4, 0.5) is 0 Å². The third-order valence-electron chi connectivity index (χ3n) is 2.20. The average molecular weight is 199 g/mol. The molecular weight excluding hydrogens is 186 g/mol. The molecule has 2 N–H and O–H groups in total. The van der Waals surface area contributed by atoms with Gasteiger partial charge in [0.25, 0.3) is 5.56 Å². The second kappa shape index (κ2) is 3.59. The standard InChI is InChI=1S/C8H13N3OS/c1-11-8(12)4-6(10-11)7-5-13-3-2-9-7/h4,7,9-10H,2-3,5H2,1H3. The highest BCUT2D eigenvalue weighted by Crippen LogP contribution is 2.18. The molecule has 1 aliphatic rings. The Labute approximate surface area is 80.7 Å². The molecule has 0 bridgehead atoms. The molecule has 1 fully saturated rings. The van der Waals surface area contributed by atoms with E-state index in [0.717, 1.165) is 23.7 Å². The molecule has 0 aromatic carbocycles. The summed E-state index contributed by atoms with van der Waals surface area (Å²) in [5.74, 6) is 2.20. The van der Waals surface area contributed by atoms with Crippen LogP contribution in [0.25, 0.3) is 0 Å². The van der Waals surface area contributed by atoms with E-state index in [-0.39, 0.29) is 5.56 Å². The van der Waals surface area contributed by atoms with E-state index in [2.05, 4.69) is 10.4 Å². The second-order valence-electron chi connectivity index (χ2n) is 3.19. The maximum Gasteiger partial charge on any atom is 0.266 e. The number of rotatable bonds is 1. The fourth-order valence-electron chi connectivity index (χ4n) is 1.45. The predicted molar refractivity (Wildman–Crippen MR) is 54.1 cm³/mol. The second-order valence-corrected chi connectivity index (χ2v) is 4.34. The summed E-state index contributed by atoms with van der Waals surface area (Å²) in [6.45, 7) is 1.02. The normalized spacial score (nSPS) is 23.3. The average Bonchev–Trinajstić information content (AvgIpc) is 2.49. The van der Waals surface area contributed by atoms with Crippen molar-refractivity contribution in [3.05, 3.63) is 22.1 Å². The first-order valence-corrected chi connectivity index (χ1v) is 5.50. The topological polar surface area (TPSA) is 49.8 Å². The van der Waals surface area contributed by atoms with E-state index >= 15 is 0 Å². The lowest BCUT2D eigenvalue weighted by molar-refractivity contribution is 0.567. The first kappa shape index (κ1) is 8.90. The molecule has 1 aromatic rings. The van der Waals surface area contributed by atoms with Crippen LogP contribution in [0.3, 0.4) is 0 Å². The quantitative estimate of drug-likeness (QED) is 0.674. The number of H-pyrrole nitrogens is 1. The summed E-state index contributed by atoms with van der Waals surface area (Å²) in [6.07, 6.45) is 0. The molecule has 2 rings (SSSR count). The van der Waals surface area contributed by atoms with E-state index in [9.17, 15) is 4.79 Å². The predicted octanol–water partition coefficient (Wildman–Crippen LogP) is 0.0909. The summed E-state index contributed by atoms with van der Waals surface area (Å²) in [7, 11) is 1.74. The SMILES string of the molecule is Cn1[nH]c(C2CSCCN2)cc1=O. The first-order chi connectivity index (χ1) is 6.27. The van der Waals surface area contributed by atoms with Gasteiger partial charge in [0.2, 0.25) is 0 Å². The van der Waals surface area contributed by atoms with Crippen molar-refractivity contribution < 1.29 is 0 Å². The number of hydrogen-bond donors (Lipinski definition) is 2. The zero-order valence-electron chi connectivity index (χ0n) is 7.54. The smallest absolute Gasteiger partial charge is 0.266 e. The molecule has 4 nitrogen and oxygen atoms in total. The Balaban J connectivity index is 2.19. The highest BCUT2D eigenvalue weighted by Gasteiger charge is 2.16. The van der Waals surface area contributed by atoms with Gasteiger partial charge in [-0.2, -0.15) is 11.8 Å². The third-order valence-corrected chi connectivity index (χ3v) is 3.27. The molecule has 0 spiro atoms. The summed E-state index contributed by atoms with van der Waals surface area (Å²) < 4.78 is 1.51. The summed E-state index contributed by atoms with van der Waals surface area (Å²) in [5, 5.41) is 6.41. The van der Waals surface area contributed by atoms with E-state index in [1.807, 2.05) is 11.8 Å². The van der Waals surface area contributed by atoms with Gasteiger partial charge < -0.3 is 5.32 Å². The van der Waals surface area contributed by atoms with Crippen LogP contribution in [-0.4, -0.2) is 27.8 Å². The van der Waals surface area contributed by atoms with Gasteiger partial charge in [0.15, 0.2) is 0 Å². The van der Waals surface area contributed by atoms with Crippen molar-refractivity contribution in [2.75, 3.05) is 18.1 Å². The van der Waals surface area contributed by atoms with Gasteiger partial charge >= 0.3 is 0 Å². The van der Waals surface area contributed by atoms with Crippen LogP contribution in [0.1, 0.15) is 11.7 Å². The van der Waals surface area contributed by atoms with Crippen molar-refractivity contribution in [1.29, 1.82) is 0 Å². The molecule has 2 heterocycles. The molecule has 0 radical (unpaired) electrons. The maximum absolute atomic E-state index is 11.2. The zero-order chi connectivity index (χ0) is 9.26. The van der Waals surface area contributed by atoms with Crippen LogP contribution in [0.2, 0.25) is 0 Å². The summed E-state index contributed by atoms with van der Waals surface area (Å²) >= 11 is 1.92. The van der Waals surface area contributed by atoms with Gasteiger partial charge in [0, 0.05) is 31.2 Å². The lowest BCUT2D eigenvalue weighted by Gasteiger charge is -2.21. The van der Waals surface area contributed by atoms with Gasteiger partial charge in [0.05, 0.1) is 11.7 Å². The lowest BCUT2D eigenvalue weighted by Crippen LogP contribution is -2.30. The molecule has 1 aliphatic heterocycles. The fraction of sp³-hybridized carbons (Fsp3) is 0.625. The van der Waals surface area contributed by atoms with Crippen molar-refractivity contribution in [2.24, 2.45) is 7.05 Å². The summed E-state index contributed by atoms with van der Waals surface area (Å²) in [6, 6.07) is 1.98. The van der Waals surface area contributed by atoms with Gasteiger partial charge in [-0.15, -0.1) is 0 Å². The molecule has 0 amide bonds. The number of hydrogen-bond acceptors (Lipinski definition) is 3. The fourth-order valence-corrected chi connectivity index (χ4v) is 2.42. The van der Waals surface area contributed by atoms with Crippen molar-refractivity contribution in [2.45, 2.75) is 6.04 Å². The van der Waals surface area contributed by atoms with Gasteiger partial charge in [-0.3, -0.25) is 14.6 Å². The molecular formula is C8H13N3OS. The number of nitrogens with zero attached hydrogens (tertiary/aromatic N) is 1. The third kappa shape index (κ3) is 1.81. The van der Waals surface area contributed by atoms with E-state index in [4.69, 9.17) is 0 Å². The van der Waals surface area contributed by atoms with Gasteiger partial charge in [0.1, 0.15) is 0 Å². The molecule has 1 unspecified atom stereocenters. The Hall–Kier alpha value is -0.680. The number of nitrogens with one attached hydrogen (secondary N) is 2. The highest BCUT2D eigenvalue weighted by molar-refractivity contribution is 7.99. The Morgan fingerprint density at radius 2 is 2.54 bits per heavy atom. The van der Waals surface area contributed by atoms with E-state index in [0.29, 0.717) is 6.04 Å². The molecule has 0 saturated carbocycles. The number of aryl methyl sites for hydroxylation is 1. The van der Waals surface area contributed by atoms with Crippen molar-refractivity contribution in [3.63, 3.8) is 0 Å². The van der Waals surface area contributed by atoms with Crippen LogP contribution in [0.5, 0.6) is 0 Å². The molecule has 1 atom stereocenters.